The molecule has 1 fully saturated rings. The maximum absolute atomic E-state index is 6.08. The van der Waals surface area contributed by atoms with Crippen LogP contribution in [0.25, 0.3) is 0 Å². The first-order valence-corrected chi connectivity index (χ1v) is 8.81. The van der Waals surface area contributed by atoms with Crippen molar-refractivity contribution < 1.29 is 9.47 Å². The van der Waals surface area contributed by atoms with Crippen LogP contribution in [0, 0.1) is 0 Å². The first-order valence-electron chi connectivity index (χ1n) is 8.81. The van der Waals surface area contributed by atoms with Crippen LogP contribution in [0.2, 0.25) is 0 Å². The Labute approximate surface area is 145 Å². The van der Waals surface area contributed by atoms with Crippen molar-refractivity contribution in [1.82, 2.24) is 4.90 Å². The lowest BCUT2D eigenvalue weighted by atomic mass is 10.0. The lowest BCUT2D eigenvalue weighted by molar-refractivity contribution is -0.0155. The summed E-state index contributed by atoms with van der Waals surface area (Å²) in [6, 6.07) is 20.9. The van der Waals surface area contributed by atoms with Crippen molar-refractivity contribution in [2.75, 3.05) is 26.7 Å². The minimum atomic E-state index is 0.146. The zero-order valence-electron chi connectivity index (χ0n) is 14.4. The number of hydrogen-bond acceptors (Lipinski definition) is 3. The van der Waals surface area contributed by atoms with Gasteiger partial charge in [-0.3, -0.25) is 0 Å². The van der Waals surface area contributed by atoms with Crippen LogP contribution in [-0.4, -0.2) is 37.7 Å². The van der Waals surface area contributed by atoms with E-state index in [-0.39, 0.29) is 6.10 Å². The Kier molecular flexibility index (Phi) is 6.41. The van der Waals surface area contributed by atoms with Gasteiger partial charge < -0.3 is 14.4 Å². The SMILES string of the molecule is CO[C@@H](CN1CCC(OCc2ccccc2)CC1)c1ccccc1. The molecule has 1 aliphatic rings. The molecule has 3 rings (SSSR count). The second-order valence-electron chi connectivity index (χ2n) is 6.43. The quantitative estimate of drug-likeness (QED) is 0.766. The minimum absolute atomic E-state index is 0.146. The van der Waals surface area contributed by atoms with E-state index in [4.69, 9.17) is 9.47 Å². The van der Waals surface area contributed by atoms with Crippen molar-refractivity contribution in [2.45, 2.75) is 31.7 Å². The van der Waals surface area contributed by atoms with E-state index in [1.165, 1.54) is 11.1 Å². The van der Waals surface area contributed by atoms with E-state index >= 15 is 0 Å². The summed E-state index contributed by atoms with van der Waals surface area (Å²) in [5, 5.41) is 0. The molecule has 0 aromatic heterocycles. The molecule has 0 N–H and O–H groups in total. The van der Waals surface area contributed by atoms with E-state index in [9.17, 15) is 0 Å². The van der Waals surface area contributed by atoms with Crippen molar-refractivity contribution in [3.05, 3.63) is 71.8 Å². The maximum atomic E-state index is 6.08. The highest BCUT2D eigenvalue weighted by Crippen LogP contribution is 2.21. The number of nitrogens with zero attached hydrogens (tertiary/aromatic N) is 1. The molecule has 0 radical (unpaired) electrons. The number of hydrogen-bond donors (Lipinski definition) is 0. The van der Waals surface area contributed by atoms with Gasteiger partial charge in [-0.2, -0.15) is 0 Å². The molecular formula is C21H27NO2. The molecule has 128 valence electrons. The van der Waals surface area contributed by atoms with E-state index < -0.39 is 0 Å². The van der Waals surface area contributed by atoms with Gasteiger partial charge in [-0.15, -0.1) is 0 Å². The Bertz CT molecular complexity index is 579. The highest BCUT2D eigenvalue weighted by Gasteiger charge is 2.22. The minimum Gasteiger partial charge on any atom is -0.375 e. The van der Waals surface area contributed by atoms with Crippen molar-refractivity contribution in [3.8, 4) is 0 Å². The largest absolute Gasteiger partial charge is 0.375 e. The van der Waals surface area contributed by atoms with Crippen LogP contribution in [0.4, 0.5) is 0 Å². The van der Waals surface area contributed by atoms with Gasteiger partial charge in [0.15, 0.2) is 0 Å². The second kappa shape index (κ2) is 8.97. The van der Waals surface area contributed by atoms with Gasteiger partial charge in [-0.05, 0) is 24.0 Å². The average molecular weight is 325 g/mol. The summed E-state index contributed by atoms with van der Waals surface area (Å²) in [6.45, 7) is 3.82. The van der Waals surface area contributed by atoms with Crippen LogP contribution >= 0.6 is 0 Å². The zero-order chi connectivity index (χ0) is 16.6. The Morgan fingerprint density at radius 1 is 0.958 bits per heavy atom. The van der Waals surface area contributed by atoms with Gasteiger partial charge in [0, 0.05) is 26.7 Å². The molecule has 1 saturated heterocycles. The fourth-order valence-electron chi connectivity index (χ4n) is 3.27. The number of benzene rings is 2. The third kappa shape index (κ3) is 4.91. The smallest absolute Gasteiger partial charge is 0.0947 e. The van der Waals surface area contributed by atoms with Gasteiger partial charge in [0.05, 0.1) is 18.8 Å². The maximum Gasteiger partial charge on any atom is 0.0947 e. The topological polar surface area (TPSA) is 21.7 Å². The number of piperidine rings is 1. The van der Waals surface area contributed by atoms with Crippen LogP contribution < -0.4 is 0 Å². The normalized spacial score (nSPS) is 17.7. The fourth-order valence-corrected chi connectivity index (χ4v) is 3.27. The molecule has 1 heterocycles. The van der Waals surface area contributed by atoms with Crippen LogP contribution in [0.15, 0.2) is 60.7 Å². The van der Waals surface area contributed by atoms with Crippen molar-refractivity contribution in [1.29, 1.82) is 0 Å². The fraction of sp³-hybridized carbons (Fsp3) is 0.429. The number of likely N-dealkylation sites (tertiary alicyclic amines) is 1. The van der Waals surface area contributed by atoms with Crippen LogP contribution in [0.1, 0.15) is 30.1 Å². The number of methoxy groups -OCH3 is 1. The molecule has 3 heteroatoms. The average Bonchev–Trinajstić information content (AvgIpc) is 2.67. The molecule has 0 amide bonds. The second-order valence-corrected chi connectivity index (χ2v) is 6.43. The molecule has 0 spiro atoms. The standard InChI is InChI=1S/C21H27NO2/c1-23-21(19-10-6-3-7-11-19)16-22-14-12-20(13-15-22)24-17-18-8-4-2-5-9-18/h2-11,20-21H,12-17H2,1H3/t21-/m0/s1. The van der Waals surface area contributed by atoms with Gasteiger partial charge in [0.2, 0.25) is 0 Å². The van der Waals surface area contributed by atoms with Gasteiger partial charge in [-0.1, -0.05) is 60.7 Å². The first kappa shape index (κ1) is 17.2. The Morgan fingerprint density at radius 3 is 2.21 bits per heavy atom. The summed E-state index contributed by atoms with van der Waals surface area (Å²) >= 11 is 0. The van der Waals surface area contributed by atoms with Gasteiger partial charge in [-0.25, -0.2) is 0 Å². The Morgan fingerprint density at radius 2 is 1.58 bits per heavy atom. The van der Waals surface area contributed by atoms with E-state index in [2.05, 4.69) is 53.4 Å². The highest BCUT2D eigenvalue weighted by molar-refractivity contribution is 5.18. The van der Waals surface area contributed by atoms with E-state index in [0.29, 0.717) is 6.10 Å². The summed E-state index contributed by atoms with van der Waals surface area (Å²) in [5.74, 6) is 0. The van der Waals surface area contributed by atoms with Crippen molar-refractivity contribution in [2.24, 2.45) is 0 Å². The Hall–Kier alpha value is -1.68. The monoisotopic (exact) mass is 325 g/mol. The molecule has 2 aromatic carbocycles. The predicted octanol–water partition coefficient (Wildman–Crippen LogP) is 4.06. The third-order valence-electron chi connectivity index (χ3n) is 4.74. The van der Waals surface area contributed by atoms with Crippen molar-refractivity contribution >= 4 is 0 Å². The van der Waals surface area contributed by atoms with Gasteiger partial charge in [0.25, 0.3) is 0 Å². The van der Waals surface area contributed by atoms with Gasteiger partial charge in [0.1, 0.15) is 0 Å². The molecule has 0 unspecified atom stereocenters. The molecule has 3 nitrogen and oxygen atoms in total. The van der Waals surface area contributed by atoms with Crippen LogP contribution in [0.3, 0.4) is 0 Å². The van der Waals surface area contributed by atoms with E-state index in [0.717, 1.165) is 39.1 Å². The Balaban J connectivity index is 1.43. The van der Waals surface area contributed by atoms with Crippen LogP contribution in [-0.2, 0) is 16.1 Å². The molecule has 2 aromatic rings. The molecule has 24 heavy (non-hydrogen) atoms. The van der Waals surface area contributed by atoms with Crippen molar-refractivity contribution in [3.63, 3.8) is 0 Å². The van der Waals surface area contributed by atoms with E-state index in [1.54, 1.807) is 7.11 Å². The molecule has 0 bridgehead atoms. The molecule has 1 aliphatic heterocycles. The first-order chi connectivity index (χ1) is 11.8. The predicted molar refractivity (Wildman–Crippen MR) is 96.9 cm³/mol. The lowest BCUT2D eigenvalue weighted by Crippen LogP contribution is -2.39. The van der Waals surface area contributed by atoms with Crippen LogP contribution in [0.5, 0.6) is 0 Å². The number of ether oxygens (including phenoxy) is 2. The zero-order valence-corrected chi connectivity index (χ0v) is 14.4. The molecule has 0 aliphatic carbocycles. The summed E-state index contributed by atoms with van der Waals surface area (Å²) in [6.07, 6.45) is 2.71. The summed E-state index contributed by atoms with van der Waals surface area (Å²) in [7, 11) is 1.80. The molecular weight excluding hydrogens is 298 g/mol. The highest BCUT2D eigenvalue weighted by atomic mass is 16.5. The lowest BCUT2D eigenvalue weighted by Gasteiger charge is -2.34. The van der Waals surface area contributed by atoms with E-state index in [1.807, 2.05) is 12.1 Å². The van der Waals surface area contributed by atoms with Gasteiger partial charge >= 0.3 is 0 Å². The molecule has 1 atom stereocenters. The molecule has 0 saturated carbocycles. The summed E-state index contributed by atoms with van der Waals surface area (Å²) in [5.41, 5.74) is 2.51. The third-order valence-corrected chi connectivity index (χ3v) is 4.74. The number of rotatable bonds is 7. The summed E-state index contributed by atoms with van der Waals surface area (Å²) in [4.78, 5) is 2.49. The summed E-state index contributed by atoms with van der Waals surface area (Å²) < 4.78 is 11.8.